The van der Waals surface area contributed by atoms with E-state index in [4.69, 9.17) is 10.8 Å². The van der Waals surface area contributed by atoms with Gasteiger partial charge in [-0.1, -0.05) is 6.92 Å². The molecule has 0 aromatic carbocycles. The van der Waals surface area contributed by atoms with Crippen molar-refractivity contribution in [1.82, 2.24) is 29.3 Å². The number of amides is 2. The number of allylic oxidation sites excluding steroid dienone is 1. The lowest BCUT2D eigenvalue weighted by molar-refractivity contribution is -0.119. The number of anilines is 2. The van der Waals surface area contributed by atoms with Gasteiger partial charge in [0.05, 0.1) is 12.7 Å². The predicted octanol–water partition coefficient (Wildman–Crippen LogP) is 0.694. The number of primary amides is 1. The minimum atomic E-state index is -0.332. The van der Waals surface area contributed by atoms with Crippen LogP contribution in [0.5, 0.6) is 0 Å². The molecule has 1 fully saturated rings. The monoisotopic (exact) mass is 462 g/mol. The number of nitrogens with two attached hydrogens (primary N) is 1. The molecule has 0 spiro atoms. The number of fused-ring (bicyclic) bond motifs is 1. The SMILES string of the molecule is CC1C=NC(n2nc(N3CCN(CC(N)=O)CC3)cc2NC(=O)c2cnn3cccnc23)=CC1. The maximum Gasteiger partial charge on any atom is 0.262 e. The average molecular weight is 463 g/mol. The third kappa shape index (κ3) is 4.39. The van der Waals surface area contributed by atoms with E-state index >= 15 is 0 Å². The van der Waals surface area contributed by atoms with E-state index in [1.165, 1.54) is 6.20 Å². The van der Waals surface area contributed by atoms with Crippen molar-refractivity contribution in [3.63, 3.8) is 0 Å². The molecule has 1 unspecified atom stereocenters. The van der Waals surface area contributed by atoms with E-state index in [0.29, 0.717) is 54.9 Å². The summed E-state index contributed by atoms with van der Waals surface area (Å²) in [6.45, 7) is 5.12. The van der Waals surface area contributed by atoms with Gasteiger partial charge in [-0.2, -0.15) is 9.78 Å². The third-order valence-corrected chi connectivity index (χ3v) is 5.89. The molecule has 5 heterocycles. The van der Waals surface area contributed by atoms with Crippen LogP contribution in [0.3, 0.4) is 0 Å². The van der Waals surface area contributed by atoms with Gasteiger partial charge in [0, 0.05) is 50.9 Å². The molecular weight excluding hydrogens is 436 g/mol. The van der Waals surface area contributed by atoms with Crippen LogP contribution in [0.25, 0.3) is 11.5 Å². The van der Waals surface area contributed by atoms with Crippen molar-refractivity contribution in [2.75, 3.05) is 42.9 Å². The van der Waals surface area contributed by atoms with Gasteiger partial charge < -0.3 is 16.0 Å². The van der Waals surface area contributed by atoms with E-state index in [-0.39, 0.29) is 18.4 Å². The number of aliphatic imine (C=N–C) groups is 1. The predicted molar refractivity (Wildman–Crippen MR) is 128 cm³/mol. The van der Waals surface area contributed by atoms with Crippen molar-refractivity contribution < 1.29 is 9.59 Å². The van der Waals surface area contributed by atoms with Crippen LogP contribution in [-0.4, -0.2) is 80.0 Å². The second kappa shape index (κ2) is 9.06. The van der Waals surface area contributed by atoms with E-state index in [2.05, 4.69) is 32.2 Å². The van der Waals surface area contributed by atoms with Gasteiger partial charge in [-0.15, -0.1) is 5.10 Å². The highest BCUT2D eigenvalue weighted by Crippen LogP contribution is 2.27. The largest absolute Gasteiger partial charge is 0.369 e. The molecule has 12 heteroatoms. The summed E-state index contributed by atoms with van der Waals surface area (Å²) in [6.07, 6.45) is 9.60. The molecule has 3 aromatic heterocycles. The molecule has 5 rings (SSSR count). The van der Waals surface area contributed by atoms with E-state index in [1.54, 1.807) is 27.7 Å². The Morgan fingerprint density at radius 2 is 2.06 bits per heavy atom. The van der Waals surface area contributed by atoms with Crippen LogP contribution in [0.4, 0.5) is 11.6 Å². The van der Waals surface area contributed by atoms with Gasteiger partial charge >= 0.3 is 0 Å². The van der Waals surface area contributed by atoms with Gasteiger partial charge in [-0.05, 0) is 24.5 Å². The van der Waals surface area contributed by atoms with Crippen LogP contribution in [0.15, 0.2) is 41.8 Å². The second-order valence-corrected chi connectivity index (χ2v) is 8.48. The minimum Gasteiger partial charge on any atom is -0.369 e. The Hall–Kier alpha value is -4.06. The van der Waals surface area contributed by atoms with E-state index in [1.807, 2.05) is 23.3 Å². The van der Waals surface area contributed by atoms with Crippen LogP contribution < -0.4 is 16.0 Å². The van der Waals surface area contributed by atoms with Crippen molar-refractivity contribution in [2.24, 2.45) is 16.6 Å². The van der Waals surface area contributed by atoms with Gasteiger partial charge in [-0.25, -0.2) is 14.5 Å². The molecule has 2 amide bonds. The Morgan fingerprint density at radius 3 is 2.79 bits per heavy atom. The first-order valence-electron chi connectivity index (χ1n) is 11.2. The number of piperazine rings is 1. The number of rotatable bonds is 6. The zero-order valence-corrected chi connectivity index (χ0v) is 18.8. The summed E-state index contributed by atoms with van der Waals surface area (Å²) in [6, 6.07) is 3.59. The van der Waals surface area contributed by atoms with Crippen LogP contribution in [0, 0.1) is 5.92 Å². The van der Waals surface area contributed by atoms with E-state index in [0.717, 1.165) is 12.2 Å². The van der Waals surface area contributed by atoms with Crippen molar-refractivity contribution in [2.45, 2.75) is 13.3 Å². The molecular formula is C22H26N10O2. The number of hydrogen-bond donors (Lipinski definition) is 2. The van der Waals surface area contributed by atoms with Gasteiger partial charge in [0.2, 0.25) is 5.91 Å². The fourth-order valence-electron chi connectivity index (χ4n) is 4.06. The number of aromatic nitrogens is 5. The summed E-state index contributed by atoms with van der Waals surface area (Å²) in [5.74, 6) is 1.57. The number of nitrogens with zero attached hydrogens (tertiary/aromatic N) is 8. The molecule has 2 aliphatic rings. The minimum absolute atomic E-state index is 0.247. The van der Waals surface area contributed by atoms with Crippen LogP contribution in [-0.2, 0) is 4.79 Å². The van der Waals surface area contributed by atoms with Crippen LogP contribution >= 0.6 is 0 Å². The van der Waals surface area contributed by atoms with Crippen LogP contribution in [0.1, 0.15) is 23.7 Å². The second-order valence-electron chi connectivity index (χ2n) is 8.48. The van der Waals surface area contributed by atoms with E-state index in [9.17, 15) is 9.59 Å². The Kier molecular flexibility index (Phi) is 5.80. The topological polar surface area (TPSA) is 139 Å². The molecule has 0 saturated carbocycles. The van der Waals surface area contributed by atoms with Crippen molar-refractivity contribution in [1.29, 1.82) is 0 Å². The number of carbonyl (C=O) groups is 2. The van der Waals surface area contributed by atoms with Crippen LogP contribution in [0.2, 0.25) is 0 Å². The standard InChI is InChI=1S/C22H26N10O2/c1-15-3-4-18(25-12-15)32-19(27-22(34)16-13-26-31-6-2-5-24-21(16)31)11-20(28-32)30-9-7-29(8-10-30)14-17(23)33/h2,4-6,11-13,15H,3,7-10,14H2,1H3,(H2,23,33)(H,27,34). The molecule has 1 saturated heterocycles. The normalized spacial score (nSPS) is 18.8. The molecule has 12 nitrogen and oxygen atoms in total. The van der Waals surface area contributed by atoms with E-state index < -0.39 is 0 Å². The highest BCUT2D eigenvalue weighted by molar-refractivity contribution is 6.08. The Bertz CT molecular complexity index is 1280. The summed E-state index contributed by atoms with van der Waals surface area (Å²) >= 11 is 0. The lowest BCUT2D eigenvalue weighted by Gasteiger charge is -2.33. The first-order chi connectivity index (χ1) is 16.5. The van der Waals surface area contributed by atoms with Gasteiger partial charge in [-0.3, -0.25) is 14.5 Å². The molecule has 34 heavy (non-hydrogen) atoms. The maximum absolute atomic E-state index is 13.1. The molecule has 3 N–H and O–H groups in total. The number of nitrogens with one attached hydrogen (secondary N) is 1. The average Bonchev–Trinajstić information content (AvgIpc) is 3.44. The fraction of sp³-hybridized carbons (Fsp3) is 0.364. The first-order valence-corrected chi connectivity index (χ1v) is 11.2. The summed E-state index contributed by atoms with van der Waals surface area (Å²) in [5, 5.41) is 11.9. The lowest BCUT2D eigenvalue weighted by atomic mass is 10.1. The lowest BCUT2D eigenvalue weighted by Crippen LogP contribution is -2.49. The van der Waals surface area contributed by atoms with Crippen molar-refractivity contribution in [3.8, 4) is 0 Å². The molecule has 0 bridgehead atoms. The maximum atomic E-state index is 13.1. The summed E-state index contributed by atoms with van der Waals surface area (Å²) < 4.78 is 3.21. The zero-order valence-electron chi connectivity index (χ0n) is 18.8. The zero-order chi connectivity index (χ0) is 23.7. The molecule has 2 aliphatic heterocycles. The summed E-state index contributed by atoms with van der Waals surface area (Å²) in [7, 11) is 0. The third-order valence-electron chi connectivity index (χ3n) is 5.89. The highest BCUT2D eigenvalue weighted by Gasteiger charge is 2.24. The molecule has 176 valence electrons. The fourth-order valence-corrected chi connectivity index (χ4v) is 4.06. The molecule has 0 aliphatic carbocycles. The highest BCUT2D eigenvalue weighted by atomic mass is 16.2. The molecule has 1 atom stereocenters. The Morgan fingerprint density at radius 1 is 1.24 bits per heavy atom. The quantitative estimate of drug-likeness (QED) is 0.549. The van der Waals surface area contributed by atoms with Gasteiger partial charge in [0.1, 0.15) is 11.4 Å². The van der Waals surface area contributed by atoms with Gasteiger partial charge in [0.15, 0.2) is 17.3 Å². The van der Waals surface area contributed by atoms with Gasteiger partial charge in [0.25, 0.3) is 5.91 Å². The first kappa shape index (κ1) is 21.8. The Labute approximate surface area is 195 Å². The van der Waals surface area contributed by atoms with Crippen molar-refractivity contribution >= 4 is 41.1 Å². The smallest absolute Gasteiger partial charge is 0.262 e. The summed E-state index contributed by atoms with van der Waals surface area (Å²) in [5.41, 5.74) is 6.16. The van der Waals surface area contributed by atoms with Crippen molar-refractivity contribution in [3.05, 3.63) is 42.4 Å². The number of hydrogen-bond acceptors (Lipinski definition) is 8. The number of carbonyl (C=O) groups excluding carboxylic acids is 2. The Balaban J connectivity index is 1.41. The molecule has 3 aromatic rings. The molecule has 0 radical (unpaired) electrons. The summed E-state index contributed by atoms with van der Waals surface area (Å²) in [4.78, 5) is 37.3.